The van der Waals surface area contributed by atoms with Crippen LogP contribution in [0.5, 0.6) is 0 Å². The van der Waals surface area contributed by atoms with Crippen molar-refractivity contribution in [2.75, 3.05) is 51.2 Å². The number of fused-ring (bicyclic) bond motifs is 2. The molecule has 23 nitrogen and oxygen atoms in total. The van der Waals surface area contributed by atoms with Crippen LogP contribution in [0.15, 0.2) is 103 Å². The van der Waals surface area contributed by atoms with Crippen molar-refractivity contribution in [3.8, 4) is 0 Å². The summed E-state index contributed by atoms with van der Waals surface area (Å²) in [5.74, 6) is -0.764. The topological polar surface area (TPSA) is 276 Å². The van der Waals surface area contributed by atoms with Gasteiger partial charge in [-0.3, -0.25) is 0 Å². The van der Waals surface area contributed by atoms with Gasteiger partial charge in [0.1, 0.15) is 37.1 Å². The Hall–Kier alpha value is -7.57. The second kappa shape index (κ2) is 20.7. The molecular formula is C44H48N12O11. The average molecular weight is 921 g/mol. The maximum Gasteiger partial charge on any atom is 0.338 e. The van der Waals surface area contributed by atoms with Crippen molar-refractivity contribution in [3.05, 3.63) is 132 Å². The van der Waals surface area contributed by atoms with Gasteiger partial charge in [0.25, 0.3) is 0 Å². The smallest absolute Gasteiger partial charge is 0.338 e. The first kappa shape index (κ1) is 47.4. The van der Waals surface area contributed by atoms with Crippen LogP contribution in [0.25, 0.3) is 11.3 Å². The summed E-state index contributed by atoms with van der Waals surface area (Å²) in [5.41, 5.74) is 1.57. The molecular weight excluding hydrogens is 873 g/mol. The molecule has 6 heterocycles. The maximum absolute atomic E-state index is 13.4. The van der Waals surface area contributed by atoms with E-state index in [4.69, 9.17) is 28.8 Å². The van der Waals surface area contributed by atoms with Crippen molar-refractivity contribution >= 4 is 41.1 Å². The van der Waals surface area contributed by atoms with Crippen molar-refractivity contribution in [1.82, 2.24) is 49.6 Å². The molecule has 350 valence electrons. The van der Waals surface area contributed by atoms with Gasteiger partial charge in [-0.2, -0.15) is 9.03 Å². The molecule has 2 saturated heterocycles. The molecule has 67 heavy (non-hydrogen) atoms. The van der Waals surface area contributed by atoms with Gasteiger partial charge in [-0.1, -0.05) is 62.0 Å². The van der Waals surface area contributed by atoms with Crippen LogP contribution >= 0.6 is 0 Å². The van der Waals surface area contributed by atoms with E-state index in [-0.39, 0.29) is 36.8 Å². The van der Waals surface area contributed by atoms with E-state index in [1.807, 2.05) is 0 Å². The normalized spacial score (nSPS) is 22.0. The van der Waals surface area contributed by atoms with Crippen molar-refractivity contribution < 1.29 is 53.4 Å². The predicted molar refractivity (Wildman–Crippen MR) is 235 cm³/mol. The Kier molecular flexibility index (Phi) is 14.7. The Balaban J connectivity index is 0.000000253. The molecule has 2 aliphatic heterocycles. The van der Waals surface area contributed by atoms with Crippen molar-refractivity contribution in [1.29, 1.82) is 0 Å². The number of rotatable bonds is 12. The summed E-state index contributed by atoms with van der Waals surface area (Å²) in [4.78, 5) is 51.4. The van der Waals surface area contributed by atoms with Crippen molar-refractivity contribution in [2.24, 2.45) is 0 Å². The van der Waals surface area contributed by atoms with E-state index >= 15 is 0 Å². The minimum atomic E-state index is -1.24. The number of aliphatic hydroxyl groups excluding tert-OH is 3. The van der Waals surface area contributed by atoms with Crippen LogP contribution < -0.4 is 9.80 Å². The van der Waals surface area contributed by atoms with Gasteiger partial charge in [-0.15, -0.1) is 30.6 Å². The number of nitrogens with zero attached hydrogens (tertiary/aromatic N) is 12. The Morgan fingerprint density at radius 1 is 0.597 bits per heavy atom. The van der Waals surface area contributed by atoms with E-state index in [2.05, 4.69) is 40.6 Å². The number of ether oxygens (including phenoxy) is 5. The van der Waals surface area contributed by atoms with Gasteiger partial charge in [0.2, 0.25) is 11.9 Å². The van der Waals surface area contributed by atoms with Crippen LogP contribution in [0, 0.1) is 0 Å². The Morgan fingerprint density at radius 3 is 1.48 bits per heavy atom. The van der Waals surface area contributed by atoms with Crippen LogP contribution in [-0.2, 0) is 23.7 Å². The van der Waals surface area contributed by atoms with Gasteiger partial charge in [-0.25, -0.2) is 24.4 Å². The van der Waals surface area contributed by atoms with Gasteiger partial charge >= 0.3 is 17.9 Å². The highest BCUT2D eigenvalue weighted by Crippen LogP contribution is 2.38. The predicted octanol–water partition coefficient (Wildman–Crippen LogP) is 1.71. The van der Waals surface area contributed by atoms with Gasteiger partial charge < -0.3 is 48.8 Å². The van der Waals surface area contributed by atoms with Crippen LogP contribution in [0.2, 0.25) is 0 Å². The minimum Gasteiger partial charge on any atom is -0.459 e. The lowest BCUT2D eigenvalue weighted by Gasteiger charge is -2.24. The third-order valence-electron chi connectivity index (χ3n) is 10.4. The molecule has 0 saturated carbocycles. The molecule has 23 heteroatoms. The largest absolute Gasteiger partial charge is 0.459 e. The lowest BCUT2D eigenvalue weighted by atomic mass is 10.1. The first-order valence-electron chi connectivity index (χ1n) is 20.4. The molecule has 7 aromatic rings. The van der Waals surface area contributed by atoms with Gasteiger partial charge in [0, 0.05) is 28.2 Å². The number of hydrogen-bond donors (Lipinski definition) is 3. The Bertz CT molecular complexity index is 2780. The van der Waals surface area contributed by atoms with Crippen LogP contribution in [0.1, 0.15) is 62.4 Å². The van der Waals surface area contributed by atoms with Crippen LogP contribution in [-0.4, -0.2) is 161 Å². The summed E-state index contributed by atoms with van der Waals surface area (Å²) in [7, 11) is 7.13. The molecule has 0 unspecified atom stereocenters. The van der Waals surface area contributed by atoms with Gasteiger partial charge in [-0.05, 0) is 36.4 Å². The molecule has 9 rings (SSSR count). The van der Waals surface area contributed by atoms with E-state index in [1.54, 1.807) is 129 Å². The highest BCUT2D eigenvalue weighted by Gasteiger charge is 2.53. The monoisotopic (exact) mass is 920 g/mol. The quantitative estimate of drug-likeness (QED) is 0.116. The average Bonchev–Trinajstić information content (AvgIpc) is 4.12. The zero-order valence-electron chi connectivity index (χ0n) is 35.8. The Morgan fingerprint density at radius 2 is 1.03 bits per heavy atom. The standard InChI is InChI=1S/C32H28N6O7.C11H16N6O4.CH4/c1-37(2)32-33-18-24-34-35-28(38(24)36-32)27-26(45-31(41)22-16-10-5-11-17-22)25(44-30(40)21-14-8-4-9-15-21)23(43-27)19-42-29(39)20-12-6-3-7-13-20;1-16(2)11-12-3-6-13-14-10(17(6)15-11)9-8(20)7(19)5(4-18)21-9;/h3-18,23,25-27H,19H2,1-2H3;3,5,7-9,18-20H,4H2,1-2H3;1H4/t23-,25-,26-,27-;5-,7-,8-,9-;/m11./s1. The highest BCUT2D eigenvalue weighted by atomic mass is 16.7. The van der Waals surface area contributed by atoms with E-state index in [1.165, 1.54) is 21.4 Å². The van der Waals surface area contributed by atoms with E-state index in [0.29, 0.717) is 28.8 Å². The second-order valence-corrected chi connectivity index (χ2v) is 15.4. The highest BCUT2D eigenvalue weighted by molar-refractivity contribution is 5.91. The molecule has 0 radical (unpaired) electrons. The van der Waals surface area contributed by atoms with Gasteiger partial charge in [0.05, 0.1) is 35.7 Å². The lowest BCUT2D eigenvalue weighted by molar-refractivity contribution is -0.0455. The molecule has 8 atom stereocenters. The molecule has 0 aliphatic carbocycles. The summed E-state index contributed by atoms with van der Waals surface area (Å²) in [6.45, 7) is -0.728. The number of hydrogen-bond acceptors (Lipinski definition) is 21. The van der Waals surface area contributed by atoms with Crippen molar-refractivity contribution in [3.63, 3.8) is 0 Å². The van der Waals surface area contributed by atoms with E-state index in [0.717, 1.165) is 0 Å². The Labute approximate surface area is 382 Å². The molecule has 3 aromatic carbocycles. The number of aliphatic hydroxyl groups is 3. The number of aromatic nitrogens is 10. The van der Waals surface area contributed by atoms with Crippen LogP contribution in [0.3, 0.4) is 0 Å². The second-order valence-electron chi connectivity index (χ2n) is 15.4. The molecule has 2 aliphatic rings. The summed E-state index contributed by atoms with van der Waals surface area (Å²) in [6, 6.07) is 25.1. The zero-order valence-corrected chi connectivity index (χ0v) is 35.8. The van der Waals surface area contributed by atoms with Crippen LogP contribution in [0.4, 0.5) is 11.9 Å². The maximum atomic E-state index is 13.4. The molecule has 0 amide bonds. The van der Waals surface area contributed by atoms with E-state index in [9.17, 15) is 24.6 Å². The number of carbonyl (C=O) groups excluding carboxylic acids is 3. The number of anilines is 2. The van der Waals surface area contributed by atoms with Gasteiger partial charge in [0.15, 0.2) is 41.3 Å². The number of carbonyl (C=O) groups is 3. The third kappa shape index (κ3) is 10.1. The van der Waals surface area contributed by atoms with Crippen molar-refractivity contribution in [2.45, 2.75) is 56.3 Å². The third-order valence-corrected chi connectivity index (χ3v) is 10.4. The first-order chi connectivity index (χ1) is 31.9. The molecule has 0 bridgehead atoms. The first-order valence-corrected chi connectivity index (χ1v) is 20.4. The summed E-state index contributed by atoms with van der Waals surface area (Å²) < 4.78 is 32.2. The summed E-state index contributed by atoms with van der Waals surface area (Å²) in [6.07, 6.45) is -5.86. The summed E-state index contributed by atoms with van der Waals surface area (Å²) >= 11 is 0. The summed E-state index contributed by atoms with van der Waals surface area (Å²) in [5, 5.41) is 54.1. The zero-order chi connectivity index (χ0) is 46.5. The lowest BCUT2D eigenvalue weighted by Crippen LogP contribution is -2.41. The van der Waals surface area contributed by atoms with E-state index < -0.39 is 73.3 Å². The molecule has 0 spiro atoms. The molecule has 2 fully saturated rings. The fourth-order valence-electron chi connectivity index (χ4n) is 7.00. The number of benzene rings is 3. The SMILES string of the molecule is C.CN(C)c1ncc2nnc([C@@H]3O[C@H](CO)[C@@H](O)[C@H]3O)n2n1.CN(C)c1ncc2nnc([C@@H]3O[C@H](COC(=O)c4ccccc4)[C@@H](OC(=O)c4ccccc4)[C@H]3OC(=O)c3ccccc3)n2n1. The molecule has 4 aromatic heterocycles. The fourth-order valence-corrected chi connectivity index (χ4v) is 7.00. The number of esters is 3. The minimum absolute atomic E-state index is 0. The molecule has 3 N–H and O–H groups in total. The fraction of sp³-hybridized carbons (Fsp3) is 0.341.